The van der Waals surface area contributed by atoms with Crippen LogP contribution in [0.2, 0.25) is 0 Å². The van der Waals surface area contributed by atoms with Gasteiger partial charge in [-0.05, 0) is 11.6 Å². The van der Waals surface area contributed by atoms with Crippen LogP contribution in [0.5, 0.6) is 0 Å². The molecular weight excluding hydrogens is 299 g/mol. The summed E-state index contributed by atoms with van der Waals surface area (Å²) in [6, 6.07) is 6.45. The van der Waals surface area contributed by atoms with Crippen molar-refractivity contribution < 1.29 is 12.8 Å². The first-order valence-electron chi connectivity index (χ1n) is 6.33. The van der Waals surface area contributed by atoms with Crippen LogP contribution in [0.15, 0.2) is 29.3 Å². The highest BCUT2D eigenvalue weighted by atomic mass is 32.2. The van der Waals surface area contributed by atoms with Crippen LogP contribution in [0.1, 0.15) is 5.56 Å². The average Bonchev–Trinajstić information content (AvgIpc) is 2.83. The minimum absolute atomic E-state index is 0.0527. The molecule has 1 fully saturated rings. The quantitative estimate of drug-likeness (QED) is 0.830. The topological polar surface area (TPSA) is 49.7 Å². The Labute approximate surface area is 122 Å². The number of nitrogens with zero attached hydrogens (tertiary/aromatic N) is 2. The second-order valence-corrected chi connectivity index (χ2v) is 8.21. The van der Waals surface area contributed by atoms with Gasteiger partial charge in [0.25, 0.3) is 0 Å². The number of aliphatic imine (C=N–C) groups is 1. The Morgan fingerprint density at radius 2 is 2.15 bits per heavy atom. The molecule has 1 aromatic rings. The summed E-state index contributed by atoms with van der Waals surface area (Å²) in [7, 11) is -1.09. The zero-order chi connectivity index (χ0) is 14.3. The van der Waals surface area contributed by atoms with E-state index in [1.54, 1.807) is 18.2 Å². The normalized spacial score (nSPS) is 27.5. The number of halogens is 1. The molecule has 0 radical (unpaired) electrons. The Kier molecular flexibility index (Phi) is 3.50. The summed E-state index contributed by atoms with van der Waals surface area (Å²) < 4.78 is 36.7. The molecule has 1 saturated heterocycles. The van der Waals surface area contributed by atoms with Crippen LogP contribution in [-0.4, -0.2) is 49.1 Å². The molecule has 0 bridgehead atoms. The molecule has 0 amide bonds. The zero-order valence-electron chi connectivity index (χ0n) is 11.0. The summed E-state index contributed by atoms with van der Waals surface area (Å²) in [5.74, 6) is 0.582. The molecule has 0 saturated carbocycles. The molecule has 2 atom stereocenters. The summed E-state index contributed by atoms with van der Waals surface area (Å²) in [6.45, 7) is 0. The van der Waals surface area contributed by atoms with Gasteiger partial charge in [-0.2, -0.15) is 0 Å². The molecule has 2 heterocycles. The molecule has 2 aliphatic rings. The van der Waals surface area contributed by atoms with E-state index >= 15 is 0 Å². The monoisotopic (exact) mass is 314 g/mol. The molecule has 20 heavy (non-hydrogen) atoms. The third-order valence-electron chi connectivity index (χ3n) is 3.68. The van der Waals surface area contributed by atoms with Gasteiger partial charge in [0.05, 0.1) is 23.6 Å². The molecular formula is C13H15FN2O2S2. The number of fused-ring (bicyclic) bond motifs is 1. The van der Waals surface area contributed by atoms with E-state index in [2.05, 4.69) is 4.99 Å². The minimum atomic E-state index is -2.95. The molecule has 2 unspecified atom stereocenters. The lowest BCUT2D eigenvalue weighted by Crippen LogP contribution is -2.35. The van der Waals surface area contributed by atoms with Gasteiger partial charge in [0.1, 0.15) is 5.82 Å². The fourth-order valence-electron chi connectivity index (χ4n) is 2.58. The Balaban J connectivity index is 1.69. The lowest BCUT2D eigenvalue weighted by molar-refractivity contribution is 0.410. The number of thioether (sulfide) groups is 1. The first-order valence-corrected chi connectivity index (χ1v) is 9.14. The summed E-state index contributed by atoms with van der Waals surface area (Å²) >= 11 is 1.46. The largest absolute Gasteiger partial charge is 0.348 e. The van der Waals surface area contributed by atoms with Crippen molar-refractivity contribution in [2.45, 2.75) is 17.8 Å². The van der Waals surface area contributed by atoms with Crippen LogP contribution in [0.3, 0.4) is 0 Å². The highest BCUT2D eigenvalue weighted by Crippen LogP contribution is 2.31. The molecule has 0 spiro atoms. The van der Waals surface area contributed by atoms with Crippen molar-refractivity contribution >= 4 is 26.8 Å². The highest BCUT2D eigenvalue weighted by Gasteiger charge is 2.44. The Hall–Kier alpha value is -1.08. The zero-order valence-corrected chi connectivity index (χ0v) is 12.6. The van der Waals surface area contributed by atoms with Crippen molar-refractivity contribution in [2.75, 3.05) is 18.6 Å². The van der Waals surface area contributed by atoms with Crippen molar-refractivity contribution in [1.29, 1.82) is 0 Å². The van der Waals surface area contributed by atoms with Crippen LogP contribution in [0.4, 0.5) is 4.39 Å². The molecule has 0 aromatic heterocycles. The first kappa shape index (κ1) is 13.9. The van der Waals surface area contributed by atoms with Gasteiger partial charge in [-0.1, -0.05) is 30.0 Å². The third-order valence-corrected chi connectivity index (χ3v) is 6.49. The van der Waals surface area contributed by atoms with E-state index in [-0.39, 0.29) is 29.4 Å². The van der Waals surface area contributed by atoms with Crippen molar-refractivity contribution in [3.63, 3.8) is 0 Å². The minimum Gasteiger partial charge on any atom is -0.348 e. The molecule has 3 rings (SSSR count). The van der Waals surface area contributed by atoms with Gasteiger partial charge in [-0.25, -0.2) is 12.8 Å². The van der Waals surface area contributed by atoms with E-state index in [1.807, 2.05) is 11.9 Å². The van der Waals surface area contributed by atoms with Crippen molar-refractivity contribution in [3.8, 4) is 0 Å². The maximum Gasteiger partial charge on any atom is 0.159 e. The predicted octanol–water partition coefficient (Wildman–Crippen LogP) is 1.53. The average molecular weight is 314 g/mol. The Morgan fingerprint density at radius 3 is 2.85 bits per heavy atom. The van der Waals surface area contributed by atoms with Crippen LogP contribution in [-0.2, 0) is 15.6 Å². The van der Waals surface area contributed by atoms with Gasteiger partial charge < -0.3 is 4.90 Å². The number of hydrogen-bond acceptors (Lipinski definition) is 5. The van der Waals surface area contributed by atoms with Gasteiger partial charge in [0, 0.05) is 12.8 Å². The lowest BCUT2D eigenvalue weighted by atomic mass is 10.2. The SMILES string of the molecule is CN1C(SCc2ccccc2F)=NC2CS(=O)(=O)CC21. The predicted molar refractivity (Wildman–Crippen MR) is 79.1 cm³/mol. The van der Waals surface area contributed by atoms with Crippen LogP contribution >= 0.6 is 11.8 Å². The van der Waals surface area contributed by atoms with Gasteiger partial charge in [-0.3, -0.25) is 4.99 Å². The molecule has 4 nitrogen and oxygen atoms in total. The third kappa shape index (κ3) is 2.56. The van der Waals surface area contributed by atoms with Crippen molar-refractivity contribution in [1.82, 2.24) is 4.90 Å². The molecule has 2 aliphatic heterocycles. The maximum atomic E-state index is 13.5. The van der Waals surface area contributed by atoms with Gasteiger partial charge in [-0.15, -0.1) is 0 Å². The van der Waals surface area contributed by atoms with Crippen molar-refractivity contribution in [3.05, 3.63) is 35.6 Å². The summed E-state index contributed by atoms with van der Waals surface area (Å²) in [6.07, 6.45) is 0. The Bertz CT molecular complexity index is 660. The van der Waals surface area contributed by atoms with Crippen molar-refractivity contribution in [2.24, 2.45) is 4.99 Å². The standard InChI is InChI=1S/C13H15FN2O2S2/c1-16-12-8-20(17,18)7-11(12)15-13(16)19-6-9-4-2-3-5-10(9)14/h2-5,11-12H,6-8H2,1H3. The van der Waals surface area contributed by atoms with E-state index in [0.717, 1.165) is 5.17 Å². The number of amidine groups is 1. The van der Waals surface area contributed by atoms with Gasteiger partial charge in [0.2, 0.25) is 0 Å². The van der Waals surface area contributed by atoms with E-state index in [4.69, 9.17) is 0 Å². The van der Waals surface area contributed by atoms with Crippen LogP contribution in [0.25, 0.3) is 0 Å². The van der Waals surface area contributed by atoms with Crippen LogP contribution < -0.4 is 0 Å². The molecule has 0 aliphatic carbocycles. The van der Waals surface area contributed by atoms with E-state index in [1.165, 1.54) is 17.8 Å². The number of sulfone groups is 1. The molecule has 7 heteroatoms. The molecule has 0 N–H and O–H groups in total. The fraction of sp³-hybridized carbons (Fsp3) is 0.462. The van der Waals surface area contributed by atoms with Gasteiger partial charge in [0.15, 0.2) is 15.0 Å². The van der Waals surface area contributed by atoms with E-state index < -0.39 is 9.84 Å². The van der Waals surface area contributed by atoms with E-state index in [9.17, 15) is 12.8 Å². The summed E-state index contributed by atoms with van der Waals surface area (Å²) in [4.78, 5) is 6.39. The summed E-state index contributed by atoms with van der Waals surface area (Å²) in [5, 5.41) is 0.804. The number of rotatable bonds is 2. The van der Waals surface area contributed by atoms with Crippen LogP contribution in [0, 0.1) is 5.82 Å². The molecule has 108 valence electrons. The lowest BCUT2D eigenvalue weighted by Gasteiger charge is -2.20. The second kappa shape index (κ2) is 5.04. The highest BCUT2D eigenvalue weighted by molar-refractivity contribution is 8.13. The number of likely N-dealkylation sites (N-methyl/N-ethyl adjacent to an activating group) is 1. The van der Waals surface area contributed by atoms with E-state index in [0.29, 0.717) is 11.3 Å². The first-order chi connectivity index (χ1) is 9.46. The number of hydrogen-bond donors (Lipinski definition) is 0. The fourth-order valence-corrected chi connectivity index (χ4v) is 5.56. The maximum absolute atomic E-state index is 13.5. The summed E-state index contributed by atoms with van der Waals surface area (Å²) in [5.41, 5.74) is 0.637. The molecule has 1 aromatic carbocycles. The second-order valence-electron chi connectivity index (χ2n) is 5.11. The smallest absolute Gasteiger partial charge is 0.159 e. The number of benzene rings is 1. The Morgan fingerprint density at radius 1 is 1.40 bits per heavy atom. The van der Waals surface area contributed by atoms with Gasteiger partial charge >= 0.3 is 0 Å².